The van der Waals surface area contributed by atoms with Crippen molar-refractivity contribution in [2.75, 3.05) is 5.73 Å². The summed E-state index contributed by atoms with van der Waals surface area (Å²) in [6, 6.07) is 10.1. The highest BCUT2D eigenvalue weighted by molar-refractivity contribution is 5.85. The molecule has 0 bridgehead atoms. The van der Waals surface area contributed by atoms with Gasteiger partial charge in [-0.05, 0) is 24.6 Å². The van der Waals surface area contributed by atoms with Gasteiger partial charge in [-0.2, -0.15) is 0 Å². The number of hydrogen-bond donors (Lipinski definition) is 1. The third kappa shape index (κ3) is 2.05. The molecule has 1 aromatic carbocycles. The Morgan fingerprint density at radius 1 is 1.21 bits per heavy atom. The predicted molar refractivity (Wildman–Crippen MR) is 77.7 cm³/mol. The van der Waals surface area contributed by atoms with Crippen molar-refractivity contribution in [3.05, 3.63) is 42.9 Å². The van der Waals surface area contributed by atoms with Crippen LogP contribution in [0.4, 0.5) is 5.82 Å². The van der Waals surface area contributed by atoms with Gasteiger partial charge in [-0.3, -0.25) is 4.98 Å². The van der Waals surface area contributed by atoms with Gasteiger partial charge in [0.05, 0.1) is 11.8 Å². The van der Waals surface area contributed by atoms with E-state index in [1.54, 1.807) is 6.20 Å². The van der Waals surface area contributed by atoms with E-state index in [2.05, 4.69) is 23.0 Å². The quantitative estimate of drug-likeness (QED) is 0.779. The molecule has 0 amide bonds. The molecule has 0 aliphatic carbocycles. The topological polar surface area (TPSA) is 56.7 Å². The Morgan fingerprint density at radius 2 is 2.11 bits per heavy atom. The summed E-state index contributed by atoms with van der Waals surface area (Å²) in [5.41, 5.74) is 9.02. The number of anilines is 1. The number of imidazole rings is 1. The number of fused-ring (bicyclic) bond motifs is 1. The van der Waals surface area contributed by atoms with E-state index in [0.29, 0.717) is 0 Å². The summed E-state index contributed by atoms with van der Waals surface area (Å²) in [6.45, 7) is 3.02. The highest BCUT2D eigenvalue weighted by atomic mass is 15.1. The first-order chi connectivity index (χ1) is 9.29. The number of rotatable bonds is 3. The number of nitrogens with zero attached hydrogens (tertiary/aromatic N) is 3. The molecule has 96 valence electrons. The van der Waals surface area contributed by atoms with Crippen LogP contribution in [0.1, 0.15) is 13.3 Å². The van der Waals surface area contributed by atoms with Gasteiger partial charge < -0.3 is 10.3 Å². The lowest BCUT2D eigenvalue weighted by Crippen LogP contribution is -2.01. The zero-order valence-electron chi connectivity index (χ0n) is 10.9. The smallest absolute Gasteiger partial charge is 0.131 e. The second-order valence-corrected chi connectivity index (χ2v) is 4.58. The fourth-order valence-electron chi connectivity index (χ4n) is 2.26. The molecular formula is C15H16N4. The van der Waals surface area contributed by atoms with E-state index in [9.17, 15) is 0 Å². The Hall–Kier alpha value is -2.36. The van der Waals surface area contributed by atoms with Crippen LogP contribution in [0.3, 0.4) is 0 Å². The highest BCUT2D eigenvalue weighted by Gasteiger charge is 2.09. The maximum atomic E-state index is 6.15. The van der Waals surface area contributed by atoms with Crippen molar-refractivity contribution in [3.8, 4) is 11.3 Å². The molecule has 2 aromatic heterocycles. The van der Waals surface area contributed by atoms with Crippen LogP contribution in [-0.4, -0.2) is 14.5 Å². The molecule has 3 rings (SSSR count). The molecule has 2 heterocycles. The summed E-state index contributed by atoms with van der Waals surface area (Å²) in [5.74, 6) is 0.727. The number of nitrogens with two attached hydrogens (primary N) is 1. The number of aromatic nitrogens is 3. The Labute approximate surface area is 111 Å². The molecule has 2 N–H and O–H groups in total. The largest absolute Gasteiger partial charge is 0.383 e. The average Bonchev–Trinajstić information content (AvgIpc) is 2.80. The van der Waals surface area contributed by atoms with E-state index < -0.39 is 0 Å². The summed E-state index contributed by atoms with van der Waals surface area (Å²) in [4.78, 5) is 8.75. The molecule has 0 spiro atoms. The molecule has 0 unspecified atom stereocenters. The zero-order chi connectivity index (χ0) is 13.2. The molecule has 0 fully saturated rings. The first kappa shape index (κ1) is 11.7. The van der Waals surface area contributed by atoms with E-state index in [1.807, 2.05) is 35.2 Å². The standard InChI is InChI=1S/C15H16N4/c1-2-8-19-10-18-14(15(19)16)12-5-6-13-11(9-12)4-3-7-17-13/h3-7,9-10H,2,8,16H2,1H3. The molecule has 4 nitrogen and oxygen atoms in total. The Kier molecular flexibility index (Phi) is 2.91. The lowest BCUT2D eigenvalue weighted by molar-refractivity contribution is 0.686. The van der Waals surface area contributed by atoms with Gasteiger partial charge in [-0.15, -0.1) is 0 Å². The highest BCUT2D eigenvalue weighted by Crippen LogP contribution is 2.27. The van der Waals surface area contributed by atoms with Crippen LogP contribution in [0.15, 0.2) is 42.9 Å². The van der Waals surface area contributed by atoms with E-state index in [-0.39, 0.29) is 0 Å². The van der Waals surface area contributed by atoms with Crippen LogP contribution >= 0.6 is 0 Å². The van der Waals surface area contributed by atoms with Gasteiger partial charge in [0.25, 0.3) is 0 Å². The van der Waals surface area contributed by atoms with E-state index in [1.165, 1.54) is 0 Å². The van der Waals surface area contributed by atoms with Crippen LogP contribution in [0, 0.1) is 0 Å². The zero-order valence-corrected chi connectivity index (χ0v) is 10.9. The third-order valence-corrected chi connectivity index (χ3v) is 3.22. The minimum absolute atomic E-state index is 0.727. The van der Waals surface area contributed by atoms with Gasteiger partial charge in [0.1, 0.15) is 11.5 Å². The summed E-state index contributed by atoms with van der Waals surface area (Å²) in [6.07, 6.45) is 4.65. The fraction of sp³-hybridized carbons (Fsp3) is 0.200. The average molecular weight is 252 g/mol. The van der Waals surface area contributed by atoms with Crippen molar-refractivity contribution in [2.45, 2.75) is 19.9 Å². The minimum atomic E-state index is 0.727. The summed E-state index contributed by atoms with van der Waals surface area (Å²) >= 11 is 0. The van der Waals surface area contributed by atoms with Crippen LogP contribution in [0.5, 0.6) is 0 Å². The molecule has 4 heteroatoms. The maximum Gasteiger partial charge on any atom is 0.131 e. The molecule has 0 aliphatic heterocycles. The molecule has 0 aliphatic rings. The normalized spacial score (nSPS) is 11.0. The maximum absolute atomic E-state index is 6.15. The van der Waals surface area contributed by atoms with Crippen LogP contribution < -0.4 is 5.73 Å². The van der Waals surface area contributed by atoms with Gasteiger partial charge in [-0.1, -0.05) is 19.1 Å². The molecule has 3 aromatic rings. The minimum Gasteiger partial charge on any atom is -0.383 e. The van der Waals surface area contributed by atoms with Crippen LogP contribution in [0.25, 0.3) is 22.2 Å². The van der Waals surface area contributed by atoms with Gasteiger partial charge in [0.2, 0.25) is 0 Å². The van der Waals surface area contributed by atoms with Gasteiger partial charge in [0.15, 0.2) is 0 Å². The van der Waals surface area contributed by atoms with Crippen molar-refractivity contribution in [1.82, 2.24) is 14.5 Å². The molecule has 19 heavy (non-hydrogen) atoms. The third-order valence-electron chi connectivity index (χ3n) is 3.22. The molecule has 0 radical (unpaired) electrons. The van der Waals surface area contributed by atoms with Crippen LogP contribution in [0.2, 0.25) is 0 Å². The Morgan fingerprint density at radius 3 is 2.95 bits per heavy atom. The number of pyridine rings is 1. The summed E-state index contributed by atoms with van der Waals surface area (Å²) < 4.78 is 1.99. The monoisotopic (exact) mass is 252 g/mol. The molecular weight excluding hydrogens is 236 g/mol. The van der Waals surface area contributed by atoms with Gasteiger partial charge in [0, 0.05) is 23.7 Å². The molecule has 0 saturated carbocycles. The van der Waals surface area contributed by atoms with Crippen molar-refractivity contribution >= 4 is 16.7 Å². The Balaban J connectivity index is 2.08. The number of benzene rings is 1. The molecule has 0 atom stereocenters. The first-order valence-electron chi connectivity index (χ1n) is 6.45. The fourth-order valence-corrected chi connectivity index (χ4v) is 2.26. The summed E-state index contributed by atoms with van der Waals surface area (Å²) in [5, 5.41) is 1.10. The van der Waals surface area contributed by atoms with Gasteiger partial charge in [-0.25, -0.2) is 4.98 Å². The van der Waals surface area contributed by atoms with E-state index in [0.717, 1.165) is 40.9 Å². The van der Waals surface area contributed by atoms with E-state index in [4.69, 9.17) is 5.73 Å². The number of nitrogen functional groups attached to an aromatic ring is 1. The van der Waals surface area contributed by atoms with Crippen molar-refractivity contribution in [3.63, 3.8) is 0 Å². The van der Waals surface area contributed by atoms with Crippen molar-refractivity contribution in [2.24, 2.45) is 0 Å². The second-order valence-electron chi connectivity index (χ2n) is 4.58. The lowest BCUT2D eigenvalue weighted by atomic mass is 10.1. The molecule has 0 saturated heterocycles. The van der Waals surface area contributed by atoms with E-state index >= 15 is 0 Å². The van der Waals surface area contributed by atoms with Crippen molar-refractivity contribution in [1.29, 1.82) is 0 Å². The number of hydrogen-bond acceptors (Lipinski definition) is 3. The van der Waals surface area contributed by atoms with Crippen LogP contribution in [-0.2, 0) is 6.54 Å². The summed E-state index contributed by atoms with van der Waals surface area (Å²) in [7, 11) is 0. The lowest BCUT2D eigenvalue weighted by Gasteiger charge is -2.04. The van der Waals surface area contributed by atoms with Crippen molar-refractivity contribution < 1.29 is 0 Å². The second kappa shape index (κ2) is 4.72. The number of aryl methyl sites for hydroxylation is 1. The predicted octanol–water partition coefficient (Wildman–Crippen LogP) is 3.09. The van der Waals surface area contributed by atoms with Gasteiger partial charge >= 0.3 is 0 Å². The first-order valence-corrected chi connectivity index (χ1v) is 6.45. The Bertz CT molecular complexity index is 715. The SMILES string of the molecule is CCCn1cnc(-c2ccc3ncccc3c2)c1N.